The number of hydrogen-bond donors (Lipinski definition) is 1. The Labute approximate surface area is 98.7 Å². The fourth-order valence-corrected chi connectivity index (χ4v) is 1.78. The van der Waals surface area contributed by atoms with E-state index in [1.165, 1.54) is 0 Å². The molecule has 0 aliphatic rings. The largest absolute Gasteiger partial charge is 0.493 e. The maximum absolute atomic E-state index is 5.69. The van der Waals surface area contributed by atoms with Crippen LogP contribution in [0.1, 0.15) is 19.4 Å². The summed E-state index contributed by atoms with van der Waals surface area (Å²) >= 11 is 3.40. The zero-order valence-electron chi connectivity index (χ0n) is 9.21. The number of hydrogen-bond acceptors (Lipinski definition) is 3. The quantitative estimate of drug-likeness (QED) is 0.918. The minimum absolute atomic E-state index is 0.102. The Hall–Kier alpha value is -0.740. The third-order valence-corrected chi connectivity index (χ3v) is 2.35. The van der Waals surface area contributed by atoms with E-state index in [1.807, 2.05) is 26.0 Å². The van der Waals surface area contributed by atoms with Crippen LogP contribution < -0.4 is 15.2 Å². The molecule has 0 bridgehead atoms. The molecule has 0 aliphatic carbocycles. The van der Waals surface area contributed by atoms with Crippen LogP contribution in [0.5, 0.6) is 11.5 Å². The molecule has 1 rings (SSSR count). The molecule has 0 unspecified atom stereocenters. The lowest BCUT2D eigenvalue weighted by Crippen LogP contribution is -2.10. The number of nitrogens with two attached hydrogens (primary N) is 1. The molecule has 2 N–H and O–H groups in total. The first-order chi connectivity index (χ1) is 7.08. The van der Waals surface area contributed by atoms with E-state index < -0.39 is 0 Å². The van der Waals surface area contributed by atoms with Crippen LogP contribution in [0.2, 0.25) is 0 Å². The average Bonchev–Trinajstić information content (AvgIpc) is 2.19. The summed E-state index contributed by atoms with van der Waals surface area (Å²) in [7, 11) is 1.62. The van der Waals surface area contributed by atoms with Crippen molar-refractivity contribution >= 4 is 15.9 Å². The van der Waals surface area contributed by atoms with Crippen molar-refractivity contribution in [2.75, 3.05) is 7.11 Å². The number of methoxy groups -OCH3 is 1. The van der Waals surface area contributed by atoms with E-state index in [2.05, 4.69) is 15.9 Å². The molecule has 0 spiro atoms. The van der Waals surface area contributed by atoms with Gasteiger partial charge in [-0.25, -0.2) is 0 Å². The molecule has 15 heavy (non-hydrogen) atoms. The molecular weight excluding hydrogens is 258 g/mol. The van der Waals surface area contributed by atoms with Crippen LogP contribution in [0, 0.1) is 0 Å². The van der Waals surface area contributed by atoms with Gasteiger partial charge in [-0.3, -0.25) is 0 Å². The summed E-state index contributed by atoms with van der Waals surface area (Å²) in [5.41, 5.74) is 6.60. The summed E-state index contributed by atoms with van der Waals surface area (Å²) in [4.78, 5) is 0. The molecule has 1 aromatic carbocycles. The van der Waals surface area contributed by atoms with Gasteiger partial charge in [0.25, 0.3) is 0 Å². The molecule has 0 heterocycles. The van der Waals surface area contributed by atoms with Crippen molar-refractivity contribution in [2.45, 2.75) is 26.5 Å². The highest BCUT2D eigenvalue weighted by Crippen LogP contribution is 2.35. The van der Waals surface area contributed by atoms with E-state index in [0.29, 0.717) is 12.3 Å². The second kappa shape index (κ2) is 5.37. The van der Waals surface area contributed by atoms with E-state index >= 15 is 0 Å². The maximum atomic E-state index is 5.69. The lowest BCUT2D eigenvalue weighted by molar-refractivity contribution is 0.227. The van der Waals surface area contributed by atoms with Crippen LogP contribution in [-0.2, 0) is 6.54 Å². The smallest absolute Gasteiger partial charge is 0.166 e. The van der Waals surface area contributed by atoms with Crippen LogP contribution in [0.4, 0.5) is 0 Å². The van der Waals surface area contributed by atoms with Crippen molar-refractivity contribution in [3.8, 4) is 11.5 Å². The highest BCUT2D eigenvalue weighted by Gasteiger charge is 2.12. The third-order valence-electron chi connectivity index (χ3n) is 1.89. The van der Waals surface area contributed by atoms with Crippen molar-refractivity contribution in [1.29, 1.82) is 0 Å². The first-order valence-corrected chi connectivity index (χ1v) is 5.61. The molecular formula is C11H16BrNO2. The minimum Gasteiger partial charge on any atom is -0.493 e. The van der Waals surface area contributed by atoms with Gasteiger partial charge in [0.2, 0.25) is 0 Å². The van der Waals surface area contributed by atoms with Gasteiger partial charge in [0.05, 0.1) is 13.2 Å². The Balaban J connectivity index is 3.18. The summed E-state index contributed by atoms with van der Waals surface area (Å²) in [6, 6.07) is 3.82. The molecule has 3 nitrogen and oxygen atoms in total. The Kier molecular flexibility index (Phi) is 4.42. The van der Waals surface area contributed by atoms with Gasteiger partial charge in [-0.1, -0.05) is 15.9 Å². The van der Waals surface area contributed by atoms with Gasteiger partial charge < -0.3 is 15.2 Å². The van der Waals surface area contributed by atoms with Crippen molar-refractivity contribution in [1.82, 2.24) is 0 Å². The van der Waals surface area contributed by atoms with Crippen molar-refractivity contribution in [3.05, 3.63) is 22.2 Å². The molecule has 0 saturated heterocycles. The first-order valence-electron chi connectivity index (χ1n) is 4.81. The Bertz CT molecular complexity index is 314. The molecule has 1 aromatic rings. The van der Waals surface area contributed by atoms with Gasteiger partial charge in [-0.15, -0.1) is 0 Å². The third kappa shape index (κ3) is 3.11. The summed E-state index contributed by atoms with van der Waals surface area (Å²) < 4.78 is 11.9. The Morgan fingerprint density at radius 1 is 1.40 bits per heavy atom. The van der Waals surface area contributed by atoms with E-state index in [-0.39, 0.29) is 6.10 Å². The summed E-state index contributed by atoms with van der Waals surface area (Å²) in [6.45, 7) is 4.38. The summed E-state index contributed by atoms with van der Waals surface area (Å²) in [5.74, 6) is 1.44. The van der Waals surface area contributed by atoms with Gasteiger partial charge in [0.15, 0.2) is 11.5 Å². The fraction of sp³-hybridized carbons (Fsp3) is 0.455. The van der Waals surface area contributed by atoms with Crippen LogP contribution in [0.25, 0.3) is 0 Å². The first kappa shape index (κ1) is 12.3. The predicted octanol–water partition coefficient (Wildman–Crippen LogP) is 2.70. The van der Waals surface area contributed by atoms with Gasteiger partial charge >= 0.3 is 0 Å². The molecule has 0 amide bonds. The van der Waals surface area contributed by atoms with Gasteiger partial charge in [0.1, 0.15) is 0 Å². The van der Waals surface area contributed by atoms with Crippen LogP contribution >= 0.6 is 15.9 Å². The lowest BCUT2D eigenvalue weighted by atomic mass is 10.2. The van der Waals surface area contributed by atoms with E-state index in [4.69, 9.17) is 15.2 Å². The van der Waals surface area contributed by atoms with E-state index in [9.17, 15) is 0 Å². The molecule has 0 saturated carbocycles. The van der Waals surface area contributed by atoms with Crippen LogP contribution in [0.3, 0.4) is 0 Å². The number of benzene rings is 1. The molecule has 84 valence electrons. The molecule has 0 radical (unpaired) electrons. The van der Waals surface area contributed by atoms with Crippen molar-refractivity contribution < 1.29 is 9.47 Å². The van der Waals surface area contributed by atoms with E-state index in [0.717, 1.165) is 15.8 Å². The molecule has 0 aromatic heterocycles. The zero-order chi connectivity index (χ0) is 11.4. The summed E-state index contributed by atoms with van der Waals surface area (Å²) in [5, 5.41) is 0. The van der Waals surface area contributed by atoms with Crippen molar-refractivity contribution in [2.24, 2.45) is 5.73 Å². The van der Waals surface area contributed by atoms with Gasteiger partial charge in [-0.05, 0) is 26.0 Å². The fourth-order valence-electron chi connectivity index (χ4n) is 1.30. The molecule has 0 atom stereocenters. The van der Waals surface area contributed by atoms with Crippen molar-refractivity contribution in [3.63, 3.8) is 0 Å². The molecule has 0 fully saturated rings. The standard InChI is InChI=1S/C11H16BrNO2/c1-7(2)15-11-8(6-13)4-9(12)5-10(11)14-3/h4-5,7H,6,13H2,1-3H3. The Morgan fingerprint density at radius 3 is 2.53 bits per heavy atom. The Morgan fingerprint density at radius 2 is 2.07 bits per heavy atom. The average molecular weight is 274 g/mol. The molecule has 4 heteroatoms. The van der Waals surface area contributed by atoms with Gasteiger partial charge in [0, 0.05) is 16.6 Å². The second-order valence-electron chi connectivity index (χ2n) is 3.47. The SMILES string of the molecule is COc1cc(Br)cc(CN)c1OC(C)C. The summed E-state index contributed by atoms with van der Waals surface area (Å²) in [6.07, 6.45) is 0.102. The highest BCUT2D eigenvalue weighted by atomic mass is 79.9. The van der Waals surface area contributed by atoms with E-state index in [1.54, 1.807) is 7.11 Å². The maximum Gasteiger partial charge on any atom is 0.166 e. The molecule has 0 aliphatic heterocycles. The van der Waals surface area contributed by atoms with Crippen LogP contribution in [0.15, 0.2) is 16.6 Å². The number of ether oxygens (including phenoxy) is 2. The monoisotopic (exact) mass is 273 g/mol. The highest BCUT2D eigenvalue weighted by molar-refractivity contribution is 9.10. The number of halogens is 1. The minimum atomic E-state index is 0.102. The topological polar surface area (TPSA) is 44.5 Å². The van der Waals surface area contributed by atoms with Gasteiger partial charge in [-0.2, -0.15) is 0 Å². The zero-order valence-corrected chi connectivity index (χ0v) is 10.8. The lowest BCUT2D eigenvalue weighted by Gasteiger charge is -2.17. The predicted molar refractivity (Wildman–Crippen MR) is 64.3 cm³/mol. The second-order valence-corrected chi connectivity index (χ2v) is 4.38. The normalized spacial score (nSPS) is 10.5. The number of rotatable bonds is 4. The van der Waals surface area contributed by atoms with Crippen LogP contribution in [-0.4, -0.2) is 13.2 Å².